The van der Waals surface area contributed by atoms with Gasteiger partial charge in [0.25, 0.3) is 5.91 Å². The van der Waals surface area contributed by atoms with Crippen LogP contribution in [0.2, 0.25) is 0 Å². The van der Waals surface area contributed by atoms with Crippen LogP contribution in [0.15, 0.2) is 24.3 Å². The van der Waals surface area contributed by atoms with Crippen molar-refractivity contribution in [3.63, 3.8) is 0 Å². The third-order valence-electron chi connectivity index (χ3n) is 3.14. The molecule has 3 N–H and O–H groups in total. The maximum absolute atomic E-state index is 12.5. The van der Waals surface area contributed by atoms with E-state index >= 15 is 0 Å². The Morgan fingerprint density at radius 3 is 2.35 bits per heavy atom. The van der Waals surface area contributed by atoms with Gasteiger partial charge >= 0.3 is 12.0 Å². The molecule has 0 saturated heterocycles. The maximum atomic E-state index is 12.5. The number of carbonyl (C=O) groups excluding carboxylic acids is 2. The largest absolute Gasteiger partial charge is 0.481 e. The summed E-state index contributed by atoms with van der Waals surface area (Å²) in [5, 5.41) is 14.3. The smallest absolute Gasteiger partial charge is 0.319 e. The highest BCUT2D eigenvalue weighted by molar-refractivity contribution is 6.03. The van der Waals surface area contributed by atoms with E-state index < -0.39 is 17.9 Å². The molecule has 0 radical (unpaired) electrons. The van der Waals surface area contributed by atoms with E-state index in [1.807, 2.05) is 13.8 Å². The molecule has 0 aliphatic rings. The van der Waals surface area contributed by atoms with Crippen LogP contribution in [0.4, 0.5) is 10.5 Å². The molecule has 0 aromatic heterocycles. The standard InChI is InChI=1S/C16H23N3O4/c1-10(2)17-16(23)18-13-8-6-5-7-12(13)14(20)19(4)9-11(3)15(21)22/h5-8,10-11H,9H2,1-4H3,(H,21,22)(H2,17,18,23). The fourth-order valence-electron chi connectivity index (χ4n) is 1.98. The Hall–Kier alpha value is -2.57. The number of para-hydroxylation sites is 1. The zero-order valence-corrected chi connectivity index (χ0v) is 13.8. The van der Waals surface area contributed by atoms with Crippen molar-refractivity contribution in [1.82, 2.24) is 10.2 Å². The minimum Gasteiger partial charge on any atom is -0.481 e. The van der Waals surface area contributed by atoms with E-state index in [0.29, 0.717) is 11.3 Å². The summed E-state index contributed by atoms with van der Waals surface area (Å²) in [5.41, 5.74) is 0.692. The molecule has 1 rings (SSSR count). The molecular formula is C16H23N3O4. The Balaban J connectivity index is 2.89. The normalized spacial score (nSPS) is 11.7. The molecule has 126 valence electrons. The van der Waals surface area contributed by atoms with E-state index in [9.17, 15) is 14.4 Å². The van der Waals surface area contributed by atoms with Crippen molar-refractivity contribution in [3.05, 3.63) is 29.8 Å². The summed E-state index contributed by atoms with van der Waals surface area (Å²) >= 11 is 0. The monoisotopic (exact) mass is 321 g/mol. The van der Waals surface area contributed by atoms with Crippen LogP contribution in [0.5, 0.6) is 0 Å². The molecular weight excluding hydrogens is 298 g/mol. The predicted octanol–water partition coefficient (Wildman–Crippen LogP) is 2.01. The van der Waals surface area contributed by atoms with Crippen LogP contribution in [-0.4, -0.2) is 47.5 Å². The zero-order chi connectivity index (χ0) is 17.6. The first-order valence-corrected chi connectivity index (χ1v) is 7.37. The van der Waals surface area contributed by atoms with Gasteiger partial charge in [-0.15, -0.1) is 0 Å². The fourth-order valence-corrected chi connectivity index (χ4v) is 1.98. The molecule has 0 aliphatic carbocycles. The van der Waals surface area contributed by atoms with Gasteiger partial charge in [-0.2, -0.15) is 0 Å². The summed E-state index contributed by atoms with van der Waals surface area (Å²) in [7, 11) is 1.53. The molecule has 23 heavy (non-hydrogen) atoms. The minimum absolute atomic E-state index is 0.0306. The number of carbonyl (C=O) groups is 3. The van der Waals surface area contributed by atoms with Crippen molar-refractivity contribution in [2.75, 3.05) is 18.9 Å². The van der Waals surface area contributed by atoms with Gasteiger partial charge in [-0.1, -0.05) is 19.1 Å². The number of benzene rings is 1. The Bertz CT molecular complexity index is 586. The van der Waals surface area contributed by atoms with Crippen LogP contribution < -0.4 is 10.6 Å². The van der Waals surface area contributed by atoms with Crippen molar-refractivity contribution in [1.29, 1.82) is 0 Å². The quantitative estimate of drug-likeness (QED) is 0.746. The van der Waals surface area contributed by atoms with Gasteiger partial charge in [-0.25, -0.2) is 4.79 Å². The number of nitrogens with one attached hydrogen (secondary N) is 2. The molecule has 0 aliphatic heterocycles. The Kier molecular flexibility index (Phi) is 6.56. The number of rotatable bonds is 6. The third-order valence-corrected chi connectivity index (χ3v) is 3.14. The first kappa shape index (κ1) is 18.5. The summed E-state index contributed by atoms with van der Waals surface area (Å²) in [6, 6.07) is 6.19. The number of anilines is 1. The number of carboxylic acid groups (broad SMARTS) is 1. The van der Waals surface area contributed by atoms with Gasteiger partial charge in [-0.3, -0.25) is 9.59 Å². The number of urea groups is 1. The van der Waals surface area contributed by atoms with Gasteiger partial charge < -0.3 is 20.6 Å². The summed E-state index contributed by atoms with van der Waals surface area (Å²) in [6.07, 6.45) is 0. The second-order valence-corrected chi connectivity index (χ2v) is 5.72. The lowest BCUT2D eigenvalue weighted by Crippen LogP contribution is -2.36. The molecule has 7 heteroatoms. The summed E-state index contributed by atoms with van der Waals surface area (Å²) in [4.78, 5) is 36.5. The van der Waals surface area contributed by atoms with Crippen molar-refractivity contribution in [3.8, 4) is 0 Å². The highest BCUT2D eigenvalue weighted by Crippen LogP contribution is 2.17. The van der Waals surface area contributed by atoms with E-state index in [4.69, 9.17) is 5.11 Å². The van der Waals surface area contributed by atoms with Gasteiger partial charge in [-0.05, 0) is 26.0 Å². The van der Waals surface area contributed by atoms with Gasteiger partial charge in [0.05, 0.1) is 17.2 Å². The minimum atomic E-state index is -0.965. The van der Waals surface area contributed by atoms with Crippen LogP contribution in [0.25, 0.3) is 0 Å². The number of hydrogen-bond acceptors (Lipinski definition) is 3. The van der Waals surface area contributed by atoms with E-state index in [0.717, 1.165) is 0 Å². The lowest BCUT2D eigenvalue weighted by Gasteiger charge is -2.21. The average molecular weight is 321 g/mol. The summed E-state index contributed by atoms with van der Waals surface area (Å²) in [6.45, 7) is 5.28. The van der Waals surface area contributed by atoms with Crippen LogP contribution >= 0.6 is 0 Å². The highest BCUT2D eigenvalue weighted by atomic mass is 16.4. The van der Waals surface area contributed by atoms with Crippen LogP contribution in [0, 0.1) is 5.92 Å². The molecule has 0 fully saturated rings. The fraction of sp³-hybridized carbons (Fsp3) is 0.438. The third kappa shape index (κ3) is 5.61. The van der Waals surface area contributed by atoms with Crippen molar-refractivity contribution in [2.24, 2.45) is 5.92 Å². The Labute approximate surface area is 135 Å². The van der Waals surface area contributed by atoms with E-state index in [2.05, 4.69) is 10.6 Å². The molecule has 7 nitrogen and oxygen atoms in total. The predicted molar refractivity (Wildman–Crippen MR) is 87.5 cm³/mol. The number of carboxylic acids is 1. The molecule has 1 unspecified atom stereocenters. The SMILES string of the molecule is CC(C)NC(=O)Nc1ccccc1C(=O)N(C)CC(C)C(=O)O. The molecule has 0 heterocycles. The van der Waals surface area contributed by atoms with Gasteiger partial charge in [0.15, 0.2) is 0 Å². The van der Waals surface area contributed by atoms with Crippen molar-refractivity contribution in [2.45, 2.75) is 26.8 Å². The van der Waals surface area contributed by atoms with E-state index in [1.54, 1.807) is 24.3 Å². The lowest BCUT2D eigenvalue weighted by atomic mass is 10.1. The van der Waals surface area contributed by atoms with Crippen molar-refractivity contribution >= 4 is 23.6 Å². The van der Waals surface area contributed by atoms with Crippen molar-refractivity contribution < 1.29 is 19.5 Å². The van der Waals surface area contributed by atoms with Crippen LogP contribution in [0.3, 0.4) is 0 Å². The van der Waals surface area contributed by atoms with E-state index in [-0.39, 0.29) is 18.5 Å². The van der Waals surface area contributed by atoms with Gasteiger partial charge in [0.1, 0.15) is 0 Å². The molecule has 0 saturated carbocycles. The Morgan fingerprint density at radius 1 is 1.17 bits per heavy atom. The first-order chi connectivity index (χ1) is 10.7. The molecule has 3 amide bonds. The molecule has 1 aromatic rings. The molecule has 1 atom stereocenters. The summed E-state index contributed by atoms with van der Waals surface area (Å²) in [5.74, 6) is -1.99. The molecule has 0 bridgehead atoms. The van der Waals surface area contributed by atoms with Gasteiger partial charge in [0, 0.05) is 19.6 Å². The molecule has 1 aromatic carbocycles. The number of nitrogens with zero attached hydrogens (tertiary/aromatic N) is 1. The first-order valence-electron chi connectivity index (χ1n) is 7.37. The Morgan fingerprint density at radius 2 is 1.78 bits per heavy atom. The second kappa shape index (κ2) is 8.17. The second-order valence-electron chi connectivity index (χ2n) is 5.72. The lowest BCUT2D eigenvalue weighted by molar-refractivity contribution is -0.141. The average Bonchev–Trinajstić information content (AvgIpc) is 2.45. The molecule has 0 spiro atoms. The zero-order valence-electron chi connectivity index (χ0n) is 13.8. The van der Waals surface area contributed by atoms with Crippen LogP contribution in [-0.2, 0) is 4.79 Å². The number of aliphatic carboxylic acids is 1. The topological polar surface area (TPSA) is 98.7 Å². The van der Waals surface area contributed by atoms with E-state index in [1.165, 1.54) is 18.9 Å². The highest BCUT2D eigenvalue weighted by Gasteiger charge is 2.21. The van der Waals surface area contributed by atoms with Crippen LogP contribution in [0.1, 0.15) is 31.1 Å². The summed E-state index contributed by atoms with van der Waals surface area (Å²) < 4.78 is 0. The number of amides is 3. The maximum Gasteiger partial charge on any atom is 0.319 e. The number of hydrogen-bond donors (Lipinski definition) is 3. The van der Waals surface area contributed by atoms with Gasteiger partial charge in [0.2, 0.25) is 0 Å².